The van der Waals surface area contributed by atoms with Crippen molar-refractivity contribution < 1.29 is 9.72 Å². The van der Waals surface area contributed by atoms with E-state index in [1.54, 1.807) is 29.2 Å². The number of piperazine rings is 1. The van der Waals surface area contributed by atoms with Crippen molar-refractivity contribution in [1.29, 1.82) is 0 Å². The molecule has 2 heterocycles. The van der Waals surface area contributed by atoms with Crippen LogP contribution in [0.15, 0.2) is 48.7 Å². The Morgan fingerprint density at radius 2 is 1.96 bits per heavy atom. The van der Waals surface area contributed by atoms with E-state index in [0.717, 1.165) is 5.56 Å². The molecule has 0 radical (unpaired) electrons. The molecule has 7 nitrogen and oxygen atoms in total. The lowest BCUT2D eigenvalue weighted by molar-refractivity contribution is -0.384. The largest absolute Gasteiger partial charge is 0.347 e. The Labute approximate surface area is 155 Å². The highest BCUT2D eigenvalue weighted by molar-refractivity contribution is 6.30. The minimum absolute atomic E-state index is 0.0203. The molecule has 1 fully saturated rings. The van der Waals surface area contributed by atoms with Crippen LogP contribution >= 0.6 is 11.6 Å². The summed E-state index contributed by atoms with van der Waals surface area (Å²) in [6.07, 6.45) is 4.78. The van der Waals surface area contributed by atoms with Gasteiger partial charge in [-0.3, -0.25) is 14.9 Å². The Bertz CT molecular complexity index is 848. The van der Waals surface area contributed by atoms with E-state index >= 15 is 0 Å². The standard InChI is InChI=1S/C18H17ClN4O3/c19-15-4-1-3-14(13-15)6-7-17(24)21-9-11-22(12-10-21)18-16(23(25)26)5-2-8-20-18/h1-8,13H,9-12H2/b7-6+. The smallest absolute Gasteiger partial charge is 0.311 e. The van der Waals surface area contributed by atoms with Gasteiger partial charge in [-0.1, -0.05) is 23.7 Å². The third-order valence-corrected chi connectivity index (χ3v) is 4.36. The number of carbonyl (C=O) groups excluding carboxylic acids is 1. The maximum atomic E-state index is 12.3. The van der Waals surface area contributed by atoms with Gasteiger partial charge in [0.05, 0.1) is 4.92 Å². The molecule has 134 valence electrons. The average Bonchev–Trinajstić information content (AvgIpc) is 2.66. The molecule has 0 spiro atoms. The number of hydrogen-bond donors (Lipinski definition) is 0. The van der Waals surface area contributed by atoms with Crippen LogP contribution in [0.5, 0.6) is 0 Å². The Morgan fingerprint density at radius 3 is 2.65 bits per heavy atom. The molecule has 26 heavy (non-hydrogen) atoms. The van der Waals surface area contributed by atoms with Crippen LogP contribution in [0.25, 0.3) is 6.08 Å². The fourth-order valence-corrected chi connectivity index (χ4v) is 3.00. The lowest BCUT2D eigenvalue weighted by atomic mass is 10.2. The number of anilines is 1. The molecule has 0 aliphatic carbocycles. The fraction of sp³-hybridized carbons (Fsp3) is 0.222. The van der Waals surface area contributed by atoms with Gasteiger partial charge in [-0.2, -0.15) is 0 Å². The maximum absolute atomic E-state index is 12.3. The van der Waals surface area contributed by atoms with Crippen LogP contribution in [-0.4, -0.2) is 46.9 Å². The van der Waals surface area contributed by atoms with E-state index in [9.17, 15) is 14.9 Å². The van der Waals surface area contributed by atoms with Crippen molar-refractivity contribution in [2.45, 2.75) is 0 Å². The van der Waals surface area contributed by atoms with Gasteiger partial charge in [-0.05, 0) is 29.8 Å². The van der Waals surface area contributed by atoms with E-state index in [-0.39, 0.29) is 11.6 Å². The number of pyridine rings is 1. The van der Waals surface area contributed by atoms with Gasteiger partial charge >= 0.3 is 5.69 Å². The first kappa shape index (κ1) is 17.9. The van der Waals surface area contributed by atoms with E-state index in [2.05, 4.69) is 4.98 Å². The quantitative estimate of drug-likeness (QED) is 0.468. The summed E-state index contributed by atoms with van der Waals surface area (Å²) >= 11 is 5.93. The van der Waals surface area contributed by atoms with Crippen LogP contribution in [0.3, 0.4) is 0 Å². The second-order valence-corrected chi connectivity index (χ2v) is 6.24. The highest BCUT2D eigenvalue weighted by atomic mass is 35.5. The summed E-state index contributed by atoms with van der Waals surface area (Å²) < 4.78 is 0. The second kappa shape index (κ2) is 7.97. The minimum atomic E-state index is -0.437. The number of amides is 1. The zero-order valence-electron chi connectivity index (χ0n) is 13.9. The van der Waals surface area contributed by atoms with Crippen molar-refractivity contribution in [3.63, 3.8) is 0 Å². The van der Waals surface area contributed by atoms with Gasteiger partial charge in [-0.15, -0.1) is 0 Å². The third-order valence-electron chi connectivity index (χ3n) is 4.12. The van der Waals surface area contributed by atoms with E-state index in [1.165, 1.54) is 18.3 Å². The van der Waals surface area contributed by atoms with Crippen LogP contribution in [0.1, 0.15) is 5.56 Å². The fourth-order valence-electron chi connectivity index (χ4n) is 2.80. The molecular weight excluding hydrogens is 356 g/mol. The first-order valence-corrected chi connectivity index (χ1v) is 8.49. The number of aromatic nitrogens is 1. The Hall–Kier alpha value is -2.93. The molecule has 8 heteroatoms. The molecule has 0 N–H and O–H groups in total. The maximum Gasteiger partial charge on any atom is 0.311 e. The molecule has 1 aromatic heterocycles. The summed E-state index contributed by atoms with van der Waals surface area (Å²) in [7, 11) is 0. The number of hydrogen-bond acceptors (Lipinski definition) is 5. The lowest BCUT2D eigenvalue weighted by Gasteiger charge is -2.34. The van der Waals surface area contributed by atoms with Crippen molar-refractivity contribution >= 4 is 35.1 Å². The zero-order chi connectivity index (χ0) is 18.5. The monoisotopic (exact) mass is 372 g/mol. The summed E-state index contributed by atoms with van der Waals surface area (Å²) in [6, 6.07) is 10.2. The predicted octanol–water partition coefficient (Wildman–Crippen LogP) is 3.01. The highest BCUT2D eigenvalue weighted by Gasteiger charge is 2.25. The predicted molar refractivity (Wildman–Crippen MR) is 100 cm³/mol. The molecule has 1 amide bonds. The van der Waals surface area contributed by atoms with Crippen molar-refractivity contribution in [3.05, 3.63) is 69.4 Å². The molecule has 1 aliphatic rings. The van der Waals surface area contributed by atoms with Gasteiger partial charge in [0, 0.05) is 49.5 Å². The summed E-state index contributed by atoms with van der Waals surface area (Å²) in [5, 5.41) is 11.8. The number of benzene rings is 1. The minimum Gasteiger partial charge on any atom is -0.347 e. The number of nitrogens with zero attached hydrogens (tertiary/aromatic N) is 4. The summed E-state index contributed by atoms with van der Waals surface area (Å²) in [4.78, 5) is 30.7. The van der Waals surface area contributed by atoms with Gasteiger partial charge in [0.2, 0.25) is 11.7 Å². The second-order valence-electron chi connectivity index (χ2n) is 5.80. The van der Waals surface area contributed by atoms with Crippen molar-refractivity contribution in [3.8, 4) is 0 Å². The first-order chi connectivity index (χ1) is 12.5. The van der Waals surface area contributed by atoms with Crippen LogP contribution < -0.4 is 4.90 Å². The molecule has 0 unspecified atom stereocenters. The average molecular weight is 373 g/mol. The van der Waals surface area contributed by atoms with E-state index in [1.807, 2.05) is 17.0 Å². The lowest BCUT2D eigenvalue weighted by Crippen LogP contribution is -2.48. The van der Waals surface area contributed by atoms with Gasteiger partial charge in [0.1, 0.15) is 0 Å². The molecule has 2 aromatic rings. The van der Waals surface area contributed by atoms with Crippen molar-refractivity contribution in [2.75, 3.05) is 31.1 Å². The molecule has 3 rings (SSSR count). The summed E-state index contributed by atoms with van der Waals surface area (Å²) in [6.45, 7) is 1.95. The van der Waals surface area contributed by atoms with E-state index < -0.39 is 4.92 Å². The van der Waals surface area contributed by atoms with Gasteiger partial charge in [0.15, 0.2) is 0 Å². The highest BCUT2D eigenvalue weighted by Crippen LogP contribution is 2.25. The van der Waals surface area contributed by atoms with E-state index in [4.69, 9.17) is 11.6 Å². The first-order valence-electron chi connectivity index (χ1n) is 8.11. The Morgan fingerprint density at radius 1 is 1.19 bits per heavy atom. The molecule has 1 aliphatic heterocycles. The van der Waals surface area contributed by atoms with Gasteiger partial charge in [0.25, 0.3) is 0 Å². The van der Waals surface area contributed by atoms with Crippen molar-refractivity contribution in [1.82, 2.24) is 9.88 Å². The van der Waals surface area contributed by atoms with Crippen LogP contribution in [0.4, 0.5) is 11.5 Å². The Balaban J connectivity index is 1.62. The molecule has 0 atom stereocenters. The normalized spacial score (nSPS) is 14.7. The van der Waals surface area contributed by atoms with Gasteiger partial charge in [-0.25, -0.2) is 4.98 Å². The zero-order valence-corrected chi connectivity index (χ0v) is 14.7. The molecule has 0 bridgehead atoms. The summed E-state index contributed by atoms with van der Waals surface area (Å²) in [5.41, 5.74) is 0.835. The summed E-state index contributed by atoms with van der Waals surface area (Å²) in [5.74, 6) is 0.249. The number of rotatable bonds is 4. The molecule has 0 saturated carbocycles. The molecular formula is C18H17ClN4O3. The number of carbonyl (C=O) groups is 1. The topological polar surface area (TPSA) is 79.6 Å². The molecule has 1 saturated heterocycles. The van der Waals surface area contributed by atoms with Crippen LogP contribution in [0.2, 0.25) is 5.02 Å². The number of halogens is 1. The van der Waals surface area contributed by atoms with E-state index in [0.29, 0.717) is 37.0 Å². The third kappa shape index (κ3) is 4.18. The van der Waals surface area contributed by atoms with Crippen molar-refractivity contribution in [2.24, 2.45) is 0 Å². The Kier molecular flexibility index (Phi) is 5.48. The SMILES string of the molecule is O=C(/C=C/c1cccc(Cl)c1)N1CCN(c2ncccc2[N+](=O)[O-])CC1. The van der Waals surface area contributed by atoms with Crippen LogP contribution in [0, 0.1) is 10.1 Å². The number of nitro groups is 1. The molecule has 1 aromatic carbocycles. The van der Waals surface area contributed by atoms with Gasteiger partial charge < -0.3 is 9.80 Å². The van der Waals surface area contributed by atoms with Crippen LogP contribution in [-0.2, 0) is 4.79 Å².